The number of para-hydroxylation sites is 1. The molecule has 0 bridgehead atoms. The highest BCUT2D eigenvalue weighted by atomic mass is 32.1. The fraction of sp³-hybridized carbons (Fsp3) is 0.345. The number of ether oxygens (including phenoxy) is 1. The number of hydrogen-bond acceptors (Lipinski definition) is 5. The summed E-state index contributed by atoms with van der Waals surface area (Å²) in [4.78, 5) is 29.5. The normalized spacial score (nSPS) is 15.7. The fourth-order valence-corrected chi connectivity index (χ4v) is 6.64. The van der Waals surface area contributed by atoms with Crippen molar-refractivity contribution in [1.29, 1.82) is 5.26 Å². The lowest BCUT2D eigenvalue weighted by Gasteiger charge is -2.26. The molecule has 1 aromatic carbocycles. The number of carbonyl (C=O) groups is 2. The minimum Gasteiger partial charge on any atom is -0.378 e. The second-order valence-corrected chi connectivity index (χ2v) is 10.5. The van der Waals surface area contributed by atoms with E-state index in [0.717, 1.165) is 64.4 Å². The molecule has 0 radical (unpaired) electrons. The van der Waals surface area contributed by atoms with Crippen LogP contribution in [0.25, 0.3) is 11.1 Å². The number of nitriles is 1. The van der Waals surface area contributed by atoms with Crippen molar-refractivity contribution in [3.8, 4) is 11.1 Å². The van der Waals surface area contributed by atoms with E-state index in [1.54, 1.807) is 22.3 Å². The fourth-order valence-electron chi connectivity index (χ4n) is 5.14. The van der Waals surface area contributed by atoms with Gasteiger partial charge in [-0.05, 0) is 74.9 Å². The van der Waals surface area contributed by atoms with Crippen molar-refractivity contribution in [2.45, 2.75) is 39.5 Å². The van der Waals surface area contributed by atoms with Crippen LogP contribution in [0.4, 0.5) is 5.69 Å². The van der Waals surface area contributed by atoms with Crippen molar-refractivity contribution in [2.75, 3.05) is 31.6 Å². The van der Waals surface area contributed by atoms with Gasteiger partial charge in [0.25, 0.3) is 11.8 Å². The number of amides is 2. The highest BCUT2D eigenvalue weighted by Gasteiger charge is 2.28. The SMILES string of the molecule is Cc1cc(/C=C(/C#N)C(=O)N2CCOCC2)c(C)n1-c1sc2c(c1C(=O)Nc1ccccc1)CCCC2. The minimum atomic E-state index is -0.273. The molecule has 0 spiro atoms. The van der Waals surface area contributed by atoms with E-state index in [4.69, 9.17) is 4.74 Å². The number of morpholine rings is 1. The van der Waals surface area contributed by atoms with E-state index in [2.05, 4.69) is 16.0 Å². The third-order valence-corrected chi connectivity index (χ3v) is 8.31. The highest BCUT2D eigenvalue weighted by Crippen LogP contribution is 2.39. The number of benzene rings is 1. The predicted molar refractivity (Wildman–Crippen MR) is 145 cm³/mol. The Morgan fingerprint density at radius 2 is 1.84 bits per heavy atom. The van der Waals surface area contributed by atoms with Crippen LogP contribution >= 0.6 is 11.3 Å². The number of thiophene rings is 1. The van der Waals surface area contributed by atoms with Crippen LogP contribution in [0.3, 0.4) is 0 Å². The summed E-state index contributed by atoms with van der Waals surface area (Å²) in [6, 6.07) is 13.6. The van der Waals surface area contributed by atoms with Crippen LogP contribution in [0, 0.1) is 25.2 Å². The first kappa shape index (κ1) is 25.0. The lowest BCUT2D eigenvalue weighted by molar-refractivity contribution is -0.130. The quantitative estimate of drug-likeness (QED) is 0.381. The summed E-state index contributed by atoms with van der Waals surface area (Å²) in [5.41, 5.74) is 5.39. The zero-order chi connectivity index (χ0) is 25.9. The number of anilines is 1. The molecule has 1 saturated heterocycles. The van der Waals surface area contributed by atoms with Crippen LogP contribution in [0.5, 0.6) is 0 Å². The molecule has 1 N–H and O–H groups in total. The van der Waals surface area contributed by atoms with Gasteiger partial charge in [0.05, 0.1) is 18.8 Å². The smallest absolute Gasteiger partial charge is 0.264 e. The topological polar surface area (TPSA) is 87.4 Å². The minimum absolute atomic E-state index is 0.106. The van der Waals surface area contributed by atoms with Gasteiger partial charge in [0, 0.05) is 35.0 Å². The van der Waals surface area contributed by atoms with Crippen LogP contribution in [-0.4, -0.2) is 47.6 Å². The van der Waals surface area contributed by atoms with Gasteiger partial charge >= 0.3 is 0 Å². The Kier molecular flexibility index (Phi) is 7.26. The zero-order valence-electron chi connectivity index (χ0n) is 21.2. The number of carbonyl (C=O) groups excluding carboxylic acids is 2. The summed E-state index contributed by atoms with van der Waals surface area (Å²) in [5.74, 6) is -0.379. The van der Waals surface area contributed by atoms with E-state index in [0.29, 0.717) is 26.3 Å². The van der Waals surface area contributed by atoms with E-state index < -0.39 is 0 Å². The Hall–Kier alpha value is -3.67. The summed E-state index contributed by atoms with van der Waals surface area (Å²) < 4.78 is 7.44. The van der Waals surface area contributed by atoms with Crippen molar-refractivity contribution in [2.24, 2.45) is 0 Å². The van der Waals surface area contributed by atoms with Crippen LogP contribution in [0.2, 0.25) is 0 Å². The summed E-state index contributed by atoms with van der Waals surface area (Å²) >= 11 is 1.68. The molecule has 0 saturated carbocycles. The highest BCUT2D eigenvalue weighted by molar-refractivity contribution is 7.15. The van der Waals surface area contributed by atoms with Crippen LogP contribution < -0.4 is 5.32 Å². The molecule has 7 nitrogen and oxygen atoms in total. The lowest BCUT2D eigenvalue weighted by Crippen LogP contribution is -2.41. The molecule has 37 heavy (non-hydrogen) atoms. The second kappa shape index (κ2) is 10.8. The maximum atomic E-state index is 13.6. The van der Waals surface area contributed by atoms with E-state index in [1.165, 1.54) is 4.88 Å². The van der Waals surface area contributed by atoms with Crippen molar-refractivity contribution < 1.29 is 14.3 Å². The molecular formula is C29H30N4O3S. The van der Waals surface area contributed by atoms with Gasteiger partial charge in [-0.25, -0.2) is 0 Å². The number of hydrogen-bond donors (Lipinski definition) is 1. The molecule has 2 amide bonds. The van der Waals surface area contributed by atoms with Gasteiger partial charge in [-0.2, -0.15) is 5.26 Å². The van der Waals surface area contributed by atoms with Gasteiger partial charge in [0.15, 0.2) is 0 Å². The van der Waals surface area contributed by atoms with Crippen molar-refractivity contribution in [3.05, 3.63) is 74.9 Å². The summed E-state index contributed by atoms with van der Waals surface area (Å²) in [6.07, 6.45) is 5.74. The van der Waals surface area contributed by atoms with Crippen LogP contribution in [0.1, 0.15) is 50.6 Å². The summed E-state index contributed by atoms with van der Waals surface area (Å²) in [7, 11) is 0. The van der Waals surface area contributed by atoms with Gasteiger partial charge in [-0.3, -0.25) is 9.59 Å². The van der Waals surface area contributed by atoms with E-state index in [9.17, 15) is 14.9 Å². The average Bonchev–Trinajstić information content (AvgIpc) is 3.43. The van der Waals surface area contributed by atoms with E-state index >= 15 is 0 Å². The number of rotatable bonds is 5. The summed E-state index contributed by atoms with van der Waals surface area (Å²) in [6.45, 7) is 5.91. The Morgan fingerprint density at radius 1 is 1.11 bits per heavy atom. The Balaban J connectivity index is 1.55. The number of fused-ring (bicyclic) bond motifs is 1. The standard InChI is InChI=1S/C29H30N4O3S/c1-19-16-21(17-22(18-30)28(35)32-12-14-36-15-13-32)20(2)33(19)29-26(24-10-6-7-11-25(24)37-29)27(34)31-23-8-4-3-5-9-23/h3-5,8-9,16-17H,6-7,10-15H2,1-2H3,(H,31,34)/b22-17-. The molecule has 2 aliphatic rings. The average molecular weight is 515 g/mol. The van der Waals surface area contributed by atoms with Crippen molar-refractivity contribution in [3.63, 3.8) is 0 Å². The Labute approximate surface area is 221 Å². The van der Waals surface area contributed by atoms with Gasteiger partial charge < -0.3 is 19.5 Å². The third kappa shape index (κ3) is 4.97. The van der Waals surface area contributed by atoms with Crippen LogP contribution in [-0.2, 0) is 22.4 Å². The second-order valence-electron chi connectivity index (χ2n) is 9.45. The van der Waals surface area contributed by atoms with Crippen molar-refractivity contribution >= 4 is 34.9 Å². The number of nitrogens with one attached hydrogen (secondary N) is 1. The molecule has 1 aliphatic carbocycles. The molecule has 0 atom stereocenters. The zero-order valence-corrected chi connectivity index (χ0v) is 22.0. The molecule has 190 valence electrons. The molecule has 0 unspecified atom stereocenters. The lowest BCUT2D eigenvalue weighted by atomic mass is 9.95. The summed E-state index contributed by atoms with van der Waals surface area (Å²) in [5, 5.41) is 13.8. The molecule has 1 fully saturated rings. The number of aromatic nitrogens is 1. The van der Waals surface area contributed by atoms with Crippen LogP contribution in [0.15, 0.2) is 42.0 Å². The number of nitrogens with zero attached hydrogens (tertiary/aromatic N) is 3. The molecule has 2 aromatic heterocycles. The monoisotopic (exact) mass is 514 g/mol. The van der Waals surface area contributed by atoms with E-state index in [-0.39, 0.29) is 17.4 Å². The maximum Gasteiger partial charge on any atom is 0.264 e. The Bertz CT molecular complexity index is 1400. The van der Waals surface area contributed by atoms with Gasteiger partial charge in [-0.1, -0.05) is 18.2 Å². The first-order valence-electron chi connectivity index (χ1n) is 12.7. The third-order valence-electron chi connectivity index (χ3n) is 7.03. The molecule has 5 rings (SSSR count). The number of aryl methyl sites for hydroxylation is 2. The van der Waals surface area contributed by atoms with Gasteiger partial charge in [0.1, 0.15) is 16.6 Å². The van der Waals surface area contributed by atoms with E-state index in [1.807, 2.05) is 50.2 Å². The van der Waals surface area contributed by atoms with Gasteiger partial charge in [-0.15, -0.1) is 11.3 Å². The first-order chi connectivity index (χ1) is 18.0. The Morgan fingerprint density at radius 3 is 2.57 bits per heavy atom. The molecule has 8 heteroatoms. The molecule has 1 aliphatic heterocycles. The first-order valence-corrected chi connectivity index (χ1v) is 13.5. The maximum absolute atomic E-state index is 13.6. The van der Waals surface area contributed by atoms with Gasteiger partial charge in [0.2, 0.25) is 0 Å². The van der Waals surface area contributed by atoms with Crippen molar-refractivity contribution in [1.82, 2.24) is 9.47 Å². The molecule has 3 heterocycles. The molecule has 3 aromatic rings. The predicted octanol–water partition coefficient (Wildman–Crippen LogP) is 5.05. The molecular weight excluding hydrogens is 484 g/mol. The largest absolute Gasteiger partial charge is 0.378 e.